The quantitative estimate of drug-likeness (QED) is 0.807. The van der Waals surface area contributed by atoms with E-state index in [-0.39, 0.29) is 5.91 Å². The zero-order valence-corrected chi connectivity index (χ0v) is 12.6. The van der Waals surface area contributed by atoms with Crippen molar-refractivity contribution in [2.75, 3.05) is 23.4 Å². The molecule has 3 heterocycles. The molecule has 0 atom stereocenters. The third kappa shape index (κ3) is 2.52. The summed E-state index contributed by atoms with van der Waals surface area (Å²) in [5.41, 5.74) is 5.20. The van der Waals surface area contributed by atoms with Gasteiger partial charge in [0.2, 0.25) is 0 Å². The van der Waals surface area contributed by atoms with Gasteiger partial charge < -0.3 is 4.90 Å². The lowest BCUT2D eigenvalue weighted by Gasteiger charge is -2.19. The van der Waals surface area contributed by atoms with Crippen LogP contribution in [0.1, 0.15) is 23.2 Å². The summed E-state index contributed by atoms with van der Waals surface area (Å²) in [5.74, 6) is 0.579. The highest BCUT2D eigenvalue weighted by Gasteiger charge is 2.20. The molecule has 6 nitrogen and oxygen atoms in total. The van der Waals surface area contributed by atoms with E-state index in [0.29, 0.717) is 5.56 Å². The molecule has 3 aromatic rings. The van der Waals surface area contributed by atoms with Gasteiger partial charge in [-0.2, -0.15) is 0 Å². The maximum absolute atomic E-state index is 12.7. The van der Waals surface area contributed by atoms with Gasteiger partial charge in [0.15, 0.2) is 0 Å². The third-order valence-electron chi connectivity index (χ3n) is 4.11. The molecular weight excluding hydrogens is 290 g/mol. The minimum Gasteiger partial charge on any atom is -0.356 e. The van der Waals surface area contributed by atoms with Crippen LogP contribution in [-0.4, -0.2) is 33.6 Å². The van der Waals surface area contributed by atoms with Crippen LogP contribution in [0, 0.1) is 0 Å². The number of fused-ring (bicyclic) bond motifs is 1. The van der Waals surface area contributed by atoms with Crippen molar-refractivity contribution in [1.82, 2.24) is 14.6 Å². The van der Waals surface area contributed by atoms with Gasteiger partial charge in [0.25, 0.3) is 5.91 Å². The lowest BCUT2D eigenvalue weighted by Crippen LogP contribution is -2.27. The second-order valence-electron chi connectivity index (χ2n) is 5.61. The number of rotatable bonds is 3. The highest BCUT2D eigenvalue weighted by atomic mass is 16.2. The first-order valence-corrected chi connectivity index (χ1v) is 7.76. The predicted octanol–water partition coefficient (Wildman–Crippen LogP) is 2.42. The monoisotopic (exact) mass is 307 g/mol. The van der Waals surface area contributed by atoms with Crippen LogP contribution in [-0.2, 0) is 0 Å². The molecule has 0 aliphatic carbocycles. The molecule has 1 aliphatic heterocycles. The van der Waals surface area contributed by atoms with E-state index in [9.17, 15) is 4.79 Å². The van der Waals surface area contributed by atoms with Crippen LogP contribution in [0.5, 0.6) is 0 Å². The number of pyridine rings is 1. The number of anilines is 1. The van der Waals surface area contributed by atoms with Crippen molar-refractivity contribution in [3.63, 3.8) is 0 Å². The van der Waals surface area contributed by atoms with Crippen LogP contribution >= 0.6 is 0 Å². The SMILES string of the molecule is O=C(Nn1cnc2ccccc21)c1cccnc1N1CCCC1. The van der Waals surface area contributed by atoms with Crippen molar-refractivity contribution < 1.29 is 4.79 Å². The van der Waals surface area contributed by atoms with Gasteiger partial charge in [-0.25, -0.2) is 14.6 Å². The van der Waals surface area contributed by atoms with Crippen LogP contribution in [0.2, 0.25) is 0 Å². The average molecular weight is 307 g/mol. The maximum Gasteiger partial charge on any atom is 0.273 e. The van der Waals surface area contributed by atoms with Crippen molar-refractivity contribution in [1.29, 1.82) is 0 Å². The molecule has 1 aliphatic rings. The first-order chi connectivity index (χ1) is 11.3. The number of carbonyl (C=O) groups is 1. The number of nitrogens with zero attached hydrogens (tertiary/aromatic N) is 4. The van der Waals surface area contributed by atoms with E-state index in [1.807, 2.05) is 30.3 Å². The summed E-state index contributed by atoms with van der Waals surface area (Å²) in [5, 5.41) is 0. The minimum atomic E-state index is -0.178. The van der Waals surface area contributed by atoms with Crippen LogP contribution in [0.3, 0.4) is 0 Å². The number of aromatic nitrogens is 3. The Morgan fingerprint density at radius 1 is 1.04 bits per heavy atom. The first kappa shape index (κ1) is 13.8. The van der Waals surface area contributed by atoms with Gasteiger partial charge >= 0.3 is 0 Å². The minimum absolute atomic E-state index is 0.178. The topological polar surface area (TPSA) is 63.1 Å². The Bertz CT molecular complexity index is 851. The Labute approximate surface area is 133 Å². The molecule has 116 valence electrons. The van der Waals surface area contributed by atoms with Gasteiger partial charge in [0.1, 0.15) is 12.1 Å². The standard InChI is InChI=1S/C17H17N5O/c23-17(20-22-12-19-14-7-1-2-8-15(14)22)13-6-5-9-18-16(13)21-10-3-4-11-21/h1-2,5-9,12H,3-4,10-11H2,(H,20,23). The fraction of sp³-hybridized carbons (Fsp3) is 0.235. The van der Waals surface area contributed by atoms with Crippen molar-refractivity contribution in [2.45, 2.75) is 12.8 Å². The Morgan fingerprint density at radius 3 is 2.74 bits per heavy atom. The summed E-state index contributed by atoms with van der Waals surface area (Å²) in [6.45, 7) is 1.90. The number of para-hydroxylation sites is 2. The van der Waals surface area contributed by atoms with Gasteiger partial charge in [0.05, 0.1) is 16.6 Å². The van der Waals surface area contributed by atoms with E-state index in [1.54, 1.807) is 23.3 Å². The number of benzene rings is 1. The van der Waals surface area contributed by atoms with Gasteiger partial charge in [-0.15, -0.1) is 0 Å². The second-order valence-corrected chi connectivity index (χ2v) is 5.61. The molecule has 0 spiro atoms. The average Bonchev–Trinajstić information content (AvgIpc) is 3.25. The van der Waals surface area contributed by atoms with Crippen LogP contribution in [0.4, 0.5) is 5.82 Å². The number of amides is 1. The van der Waals surface area contributed by atoms with Crippen LogP contribution in [0.25, 0.3) is 11.0 Å². The third-order valence-corrected chi connectivity index (χ3v) is 4.11. The van der Waals surface area contributed by atoms with E-state index < -0.39 is 0 Å². The zero-order valence-electron chi connectivity index (χ0n) is 12.6. The predicted molar refractivity (Wildman–Crippen MR) is 89.1 cm³/mol. The number of carbonyl (C=O) groups excluding carboxylic acids is 1. The molecule has 0 unspecified atom stereocenters. The van der Waals surface area contributed by atoms with Gasteiger partial charge in [-0.3, -0.25) is 10.2 Å². The number of nitrogens with one attached hydrogen (secondary N) is 1. The number of hydrogen-bond acceptors (Lipinski definition) is 4. The molecule has 0 radical (unpaired) electrons. The molecule has 6 heteroatoms. The largest absolute Gasteiger partial charge is 0.356 e. The summed E-state index contributed by atoms with van der Waals surface area (Å²) in [7, 11) is 0. The molecule has 0 saturated carbocycles. The second kappa shape index (κ2) is 5.72. The number of hydrogen-bond donors (Lipinski definition) is 1. The van der Waals surface area contributed by atoms with E-state index in [1.165, 1.54) is 0 Å². The normalized spacial score (nSPS) is 14.3. The summed E-state index contributed by atoms with van der Waals surface area (Å²) in [4.78, 5) is 23.6. The lowest BCUT2D eigenvalue weighted by molar-refractivity contribution is 0.101. The molecule has 1 fully saturated rings. The summed E-state index contributed by atoms with van der Waals surface area (Å²) >= 11 is 0. The molecule has 0 bridgehead atoms. The van der Waals surface area contributed by atoms with Crippen molar-refractivity contribution >= 4 is 22.8 Å². The van der Waals surface area contributed by atoms with E-state index in [2.05, 4.69) is 20.3 Å². The molecule has 23 heavy (non-hydrogen) atoms. The van der Waals surface area contributed by atoms with Crippen LogP contribution in [0.15, 0.2) is 48.9 Å². The van der Waals surface area contributed by atoms with Crippen molar-refractivity contribution in [3.05, 3.63) is 54.5 Å². The zero-order chi connectivity index (χ0) is 15.6. The van der Waals surface area contributed by atoms with Gasteiger partial charge in [0, 0.05) is 19.3 Å². The highest BCUT2D eigenvalue weighted by Crippen LogP contribution is 2.22. The Morgan fingerprint density at radius 2 is 1.87 bits per heavy atom. The first-order valence-electron chi connectivity index (χ1n) is 7.76. The Hall–Kier alpha value is -2.89. The lowest BCUT2D eigenvalue weighted by atomic mass is 10.2. The highest BCUT2D eigenvalue weighted by molar-refractivity contribution is 6.04. The molecule has 1 saturated heterocycles. The van der Waals surface area contributed by atoms with Crippen molar-refractivity contribution in [3.8, 4) is 0 Å². The van der Waals surface area contributed by atoms with Crippen LogP contribution < -0.4 is 10.3 Å². The Balaban J connectivity index is 1.65. The van der Waals surface area contributed by atoms with E-state index >= 15 is 0 Å². The fourth-order valence-corrected chi connectivity index (χ4v) is 2.97. The molecule has 4 rings (SSSR count). The van der Waals surface area contributed by atoms with E-state index in [0.717, 1.165) is 42.8 Å². The molecular formula is C17H17N5O. The number of imidazole rings is 1. The summed E-state index contributed by atoms with van der Waals surface area (Å²) in [6.07, 6.45) is 5.64. The summed E-state index contributed by atoms with van der Waals surface area (Å²) < 4.78 is 1.65. The maximum atomic E-state index is 12.7. The fourth-order valence-electron chi connectivity index (χ4n) is 2.97. The molecule has 1 N–H and O–H groups in total. The molecule has 1 aromatic carbocycles. The van der Waals surface area contributed by atoms with Crippen molar-refractivity contribution in [2.24, 2.45) is 0 Å². The summed E-state index contributed by atoms with van der Waals surface area (Å²) in [6, 6.07) is 11.3. The Kier molecular flexibility index (Phi) is 3.42. The van der Waals surface area contributed by atoms with E-state index in [4.69, 9.17) is 0 Å². The molecule has 1 amide bonds. The molecule has 2 aromatic heterocycles. The smallest absolute Gasteiger partial charge is 0.273 e. The van der Waals surface area contributed by atoms with Gasteiger partial charge in [-0.1, -0.05) is 12.1 Å². The van der Waals surface area contributed by atoms with Gasteiger partial charge in [-0.05, 0) is 37.1 Å².